The molecule has 0 saturated carbocycles. The van der Waals surface area contributed by atoms with Crippen LogP contribution in [0.2, 0.25) is 5.02 Å². The van der Waals surface area contributed by atoms with Crippen LogP contribution in [0.3, 0.4) is 0 Å². The first kappa shape index (κ1) is 20.7. The zero-order valence-corrected chi connectivity index (χ0v) is 15.3. The minimum Gasteiger partial charge on any atom is -0.549 e. The zero-order chi connectivity index (χ0) is 15.3. The Morgan fingerprint density at radius 3 is 2.43 bits per heavy atom. The van der Waals surface area contributed by atoms with E-state index >= 15 is 0 Å². The Kier molecular flexibility index (Phi) is 8.86. The fraction of sp³-hybridized carbons (Fsp3) is 0.200. The molecule has 0 spiro atoms. The van der Waals surface area contributed by atoms with E-state index in [2.05, 4.69) is 5.32 Å². The van der Waals surface area contributed by atoms with Gasteiger partial charge < -0.3 is 15.2 Å². The number of carboxylic acids is 1. The number of benzene rings is 1. The second-order valence-electron chi connectivity index (χ2n) is 3.60. The Hall–Kier alpha value is -0.290. The molecule has 110 valence electrons. The van der Waals surface area contributed by atoms with E-state index in [0.29, 0.717) is 0 Å². The number of amides is 1. The maximum absolute atomic E-state index is 11.5. The third-order valence-electron chi connectivity index (χ3n) is 1.98. The predicted molar refractivity (Wildman–Crippen MR) is 73.8 cm³/mol. The van der Waals surface area contributed by atoms with Gasteiger partial charge in [0.05, 0.1) is 16.7 Å². The van der Waals surface area contributed by atoms with E-state index < -0.39 is 21.9 Å². The molecule has 1 aromatic carbocycles. The summed E-state index contributed by atoms with van der Waals surface area (Å²) >= 11 is 6.62. The normalized spacial score (nSPS) is 10.6. The Morgan fingerprint density at radius 2 is 1.95 bits per heavy atom. The summed E-state index contributed by atoms with van der Waals surface area (Å²) in [5.74, 6) is -2.08. The zero-order valence-electron chi connectivity index (χ0n) is 11.0. The summed E-state index contributed by atoms with van der Waals surface area (Å²) in [4.78, 5) is 21.4. The van der Waals surface area contributed by atoms with Gasteiger partial charge in [0.2, 0.25) is 15.9 Å². The van der Waals surface area contributed by atoms with Crippen molar-refractivity contribution in [3.05, 3.63) is 23.2 Å². The van der Waals surface area contributed by atoms with E-state index in [9.17, 15) is 23.1 Å². The average Bonchev–Trinajstić information content (AvgIpc) is 2.26. The van der Waals surface area contributed by atoms with Crippen molar-refractivity contribution < 1.29 is 52.7 Å². The number of rotatable bonds is 6. The van der Waals surface area contributed by atoms with Gasteiger partial charge in [0, 0.05) is 11.4 Å². The van der Waals surface area contributed by atoms with Crippen LogP contribution in [0.15, 0.2) is 23.1 Å². The molecule has 11 heteroatoms. The van der Waals surface area contributed by atoms with Crippen LogP contribution in [0.5, 0.6) is 0 Å². The van der Waals surface area contributed by atoms with Crippen LogP contribution in [0.1, 0.15) is 0 Å². The first-order chi connectivity index (χ1) is 9.20. The van der Waals surface area contributed by atoms with Gasteiger partial charge >= 0.3 is 29.6 Å². The number of aliphatic carboxylic acids is 1. The molecule has 0 atom stereocenters. The molecule has 21 heavy (non-hydrogen) atoms. The van der Waals surface area contributed by atoms with Gasteiger partial charge in [-0.05, 0) is 18.2 Å². The first-order valence-electron chi connectivity index (χ1n) is 5.10. The third kappa shape index (κ3) is 7.50. The number of halogens is 1. The van der Waals surface area contributed by atoms with Crippen LogP contribution in [-0.4, -0.2) is 31.8 Å². The van der Waals surface area contributed by atoms with E-state index in [1.165, 1.54) is 18.2 Å². The smallest absolute Gasteiger partial charge is 0.549 e. The molecular formula is C10H10ClN2NaO5S2. The van der Waals surface area contributed by atoms with Crippen LogP contribution in [-0.2, 0) is 19.6 Å². The Morgan fingerprint density at radius 1 is 1.33 bits per heavy atom. The molecule has 0 aliphatic carbocycles. The van der Waals surface area contributed by atoms with Gasteiger partial charge in [0.25, 0.3) is 0 Å². The fourth-order valence-electron chi connectivity index (χ4n) is 1.23. The summed E-state index contributed by atoms with van der Waals surface area (Å²) < 4.78 is 22.3. The monoisotopic (exact) mass is 360 g/mol. The minimum absolute atomic E-state index is 0. The van der Waals surface area contributed by atoms with E-state index in [0.717, 1.165) is 11.8 Å². The van der Waals surface area contributed by atoms with Crippen LogP contribution < -0.4 is 45.1 Å². The summed E-state index contributed by atoms with van der Waals surface area (Å²) in [6.45, 7) is 0. The number of primary sulfonamides is 1. The largest absolute Gasteiger partial charge is 1.00 e. The Bertz CT molecular complexity index is 638. The SMILES string of the molecule is NS(=O)(=O)c1ccc(NC(=O)CSCC(=O)[O-])cc1Cl.[Na+]. The number of carbonyl (C=O) groups is 2. The second kappa shape index (κ2) is 8.99. The van der Waals surface area contributed by atoms with Crippen LogP contribution in [0, 0.1) is 0 Å². The van der Waals surface area contributed by atoms with Gasteiger partial charge in [-0.2, -0.15) is 0 Å². The molecule has 0 aliphatic rings. The van der Waals surface area contributed by atoms with Crippen molar-refractivity contribution in [1.29, 1.82) is 0 Å². The topological polar surface area (TPSA) is 129 Å². The van der Waals surface area contributed by atoms with Crippen molar-refractivity contribution in [1.82, 2.24) is 0 Å². The molecule has 3 N–H and O–H groups in total. The number of carbonyl (C=O) groups excluding carboxylic acids is 2. The molecule has 1 rings (SSSR count). The van der Waals surface area contributed by atoms with Crippen LogP contribution >= 0.6 is 23.4 Å². The van der Waals surface area contributed by atoms with Crippen molar-refractivity contribution in [3.8, 4) is 0 Å². The van der Waals surface area contributed by atoms with Gasteiger partial charge in [-0.1, -0.05) is 11.6 Å². The van der Waals surface area contributed by atoms with Crippen molar-refractivity contribution in [2.45, 2.75) is 4.90 Å². The average molecular weight is 361 g/mol. The summed E-state index contributed by atoms with van der Waals surface area (Å²) in [5, 5.41) is 17.4. The maximum Gasteiger partial charge on any atom is 1.00 e. The molecule has 1 aromatic rings. The van der Waals surface area contributed by atoms with Crippen molar-refractivity contribution in [3.63, 3.8) is 0 Å². The number of carboxylic acid groups (broad SMARTS) is 1. The maximum atomic E-state index is 11.5. The van der Waals surface area contributed by atoms with E-state index in [-0.39, 0.29) is 56.7 Å². The van der Waals surface area contributed by atoms with E-state index in [1.54, 1.807) is 0 Å². The Balaban J connectivity index is 0.00000400. The summed E-state index contributed by atoms with van der Waals surface area (Å²) in [6, 6.07) is 3.73. The number of hydrogen-bond donors (Lipinski definition) is 2. The molecule has 1 amide bonds. The standard InChI is InChI=1S/C10H11ClN2O5S2.Na/c11-7-3-6(1-2-8(7)20(12,17)18)13-9(14)4-19-5-10(15)16;/h1-3H,4-5H2,(H,13,14)(H,15,16)(H2,12,17,18);/q;+1/p-1. The second-order valence-corrected chi connectivity index (χ2v) is 6.53. The summed E-state index contributed by atoms with van der Waals surface area (Å²) in [5.41, 5.74) is 0.279. The molecule has 0 heterocycles. The number of hydrogen-bond acceptors (Lipinski definition) is 6. The van der Waals surface area contributed by atoms with Gasteiger partial charge in [-0.15, -0.1) is 11.8 Å². The number of nitrogens with one attached hydrogen (secondary N) is 1. The number of anilines is 1. The molecule has 0 aliphatic heterocycles. The quantitative estimate of drug-likeness (QED) is 0.504. The molecule has 0 fully saturated rings. The van der Waals surface area contributed by atoms with Gasteiger partial charge in [0.15, 0.2) is 0 Å². The molecular weight excluding hydrogens is 351 g/mol. The van der Waals surface area contributed by atoms with Crippen molar-refractivity contribution in [2.24, 2.45) is 5.14 Å². The molecule has 0 unspecified atom stereocenters. The number of sulfonamides is 1. The van der Waals surface area contributed by atoms with Crippen molar-refractivity contribution >= 4 is 50.9 Å². The Labute approximate surface area is 152 Å². The van der Waals surface area contributed by atoms with E-state index in [1.807, 2.05) is 0 Å². The number of nitrogens with two attached hydrogens (primary N) is 1. The van der Waals surface area contributed by atoms with Crippen molar-refractivity contribution in [2.75, 3.05) is 16.8 Å². The van der Waals surface area contributed by atoms with Crippen LogP contribution in [0.25, 0.3) is 0 Å². The predicted octanol–water partition coefficient (Wildman–Crippen LogP) is -3.59. The third-order valence-corrected chi connectivity index (χ3v) is 4.28. The van der Waals surface area contributed by atoms with Crippen LogP contribution in [0.4, 0.5) is 5.69 Å². The first-order valence-corrected chi connectivity index (χ1v) is 8.18. The molecule has 0 radical (unpaired) electrons. The summed E-state index contributed by atoms with van der Waals surface area (Å²) in [6.07, 6.45) is 0. The minimum atomic E-state index is -3.92. The molecule has 7 nitrogen and oxygen atoms in total. The van der Waals surface area contributed by atoms with Gasteiger partial charge in [-0.3, -0.25) is 4.79 Å². The van der Waals surface area contributed by atoms with Gasteiger partial charge in [-0.25, -0.2) is 13.6 Å². The van der Waals surface area contributed by atoms with E-state index in [4.69, 9.17) is 16.7 Å². The molecule has 0 aromatic heterocycles. The van der Waals surface area contributed by atoms with Gasteiger partial charge in [0.1, 0.15) is 4.90 Å². The fourth-order valence-corrected chi connectivity index (χ4v) is 2.85. The molecule has 0 saturated heterocycles. The summed E-state index contributed by atoms with van der Waals surface area (Å²) in [7, 11) is -3.92. The number of thioether (sulfide) groups is 1. The molecule has 0 bridgehead atoms.